The summed E-state index contributed by atoms with van der Waals surface area (Å²) < 4.78 is 0. The van der Waals surface area contributed by atoms with Gasteiger partial charge in [-0.2, -0.15) is 0 Å². The topological polar surface area (TPSA) is 83.8 Å². The van der Waals surface area contributed by atoms with Gasteiger partial charge in [0.2, 0.25) is 5.91 Å². The highest BCUT2D eigenvalue weighted by atomic mass is 16.6. The zero-order chi connectivity index (χ0) is 18.0. The molecule has 1 fully saturated rings. The largest absolute Gasteiger partial charge is 0.330 e. The maximum absolute atomic E-state index is 12.7. The Bertz CT molecular complexity index is 805. The number of carbonyl (C=O) groups excluding carboxylic acids is 2. The zero-order valence-corrected chi connectivity index (χ0v) is 13.7. The van der Waals surface area contributed by atoms with Gasteiger partial charge in [0, 0.05) is 37.0 Å². The van der Waals surface area contributed by atoms with Gasteiger partial charge < -0.3 is 9.80 Å². The van der Waals surface area contributed by atoms with E-state index in [1.54, 1.807) is 11.9 Å². The highest BCUT2D eigenvalue weighted by Crippen LogP contribution is 2.24. The molecular formula is C18H17N3O4. The second-order valence-corrected chi connectivity index (χ2v) is 5.85. The number of nitro benzene ring substituents is 1. The lowest BCUT2D eigenvalue weighted by molar-refractivity contribution is -0.384. The van der Waals surface area contributed by atoms with Crippen molar-refractivity contribution < 1.29 is 14.5 Å². The van der Waals surface area contributed by atoms with Crippen LogP contribution in [0, 0.1) is 10.1 Å². The van der Waals surface area contributed by atoms with E-state index in [0.717, 1.165) is 5.69 Å². The van der Waals surface area contributed by atoms with Crippen molar-refractivity contribution in [3.8, 4) is 0 Å². The molecule has 1 heterocycles. The van der Waals surface area contributed by atoms with E-state index in [-0.39, 0.29) is 17.5 Å². The minimum Gasteiger partial charge on any atom is -0.330 e. The molecule has 1 unspecified atom stereocenters. The molecule has 1 aliphatic rings. The minimum atomic E-state index is -0.539. The minimum absolute atomic E-state index is 0.0774. The molecule has 0 N–H and O–H groups in total. The van der Waals surface area contributed by atoms with Crippen LogP contribution in [-0.2, 0) is 4.79 Å². The van der Waals surface area contributed by atoms with Crippen LogP contribution in [0.25, 0.3) is 0 Å². The van der Waals surface area contributed by atoms with Crippen LogP contribution >= 0.6 is 0 Å². The lowest BCUT2D eigenvalue weighted by atomic mass is 10.1. The molecule has 2 aromatic rings. The Hall–Kier alpha value is -3.22. The Morgan fingerprint density at radius 2 is 1.80 bits per heavy atom. The number of non-ortho nitro benzene ring substituents is 1. The monoisotopic (exact) mass is 339 g/mol. The predicted octanol–water partition coefficient (Wildman–Crippen LogP) is 2.47. The van der Waals surface area contributed by atoms with Gasteiger partial charge in [0.15, 0.2) is 0 Å². The van der Waals surface area contributed by atoms with Gasteiger partial charge in [0.25, 0.3) is 11.6 Å². The van der Waals surface area contributed by atoms with Gasteiger partial charge in [-0.15, -0.1) is 0 Å². The summed E-state index contributed by atoms with van der Waals surface area (Å²) in [4.78, 5) is 38.5. The number of nitro groups is 1. The zero-order valence-electron chi connectivity index (χ0n) is 13.7. The van der Waals surface area contributed by atoms with Crippen molar-refractivity contribution in [1.29, 1.82) is 0 Å². The number of nitrogens with zero attached hydrogens (tertiary/aromatic N) is 3. The fourth-order valence-corrected chi connectivity index (χ4v) is 2.96. The molecule has 0 bridgehead atoms. The van der Waals surface area contributed by atoms with Gasteiger partial charge in [0.1, 0.15) is 6.04 Å². The average Bonchev–Trinajstić information content (AvgIpc) is 3.02. The molecule has 1 atom stereocenters. The third kappa shape index (κ3) is 3.21. The number of carbonyl (C=O) groups is 2. The van der Waals surface area contributed by atoms with Crippen molar-refractivity contribution >= 4 is 23.2 Å². The number of benzene rings is 2. The standard InChI is InChI=1S/C18H17N3O4/c1-19(17(22)13-7-9-15(10-8-13)21(24)25)16-11-12-20(18(16)23)14-5-3-2-4-6-14/h2-10,16H,11-12H2,1H3. The summed E-state index contributed by atoms with van der Waals surface area (Å²) in [7, 11) is 1.58. The fraction of sp³-hybridized carbons (Fsp3) is 0.222. The summed E-state index contributed by atoms with van der Waals surface area (Å²) in [5.41, 5.74) is 1.05. The molecule has 128 valence electrons. The molecule has 25 heavy (non-hydrogen) atoms. The molecule has 0 aliphatic carbocycles. The van der Waals surface area contributed by atoms with Crippen LogP contribution in [-0.4, -0.2) is 41.3 Å². The fourth-order valence-electron chi connectivity index (χ4n) is 2.96. The summed E-state index contributed by atoms with van der Waals surface area (Å²) >= 11 is 0. The van der Waals surface area contributed by atoms with E-state index < -0.39 is 11.0 Å². The number of amides is 2. The molecular weight excluding hydrogens is 322 g/mol. The highest BCUT2D eigenvalue weighted by molar-refractivity contribution is 6.03. The van der Waals surface area contributed by atoms with Gasteiger partial charge in [-0.25, -0.2) is 0 Å². The number of likely N-dealkylation sites (N-methyl/N-ethyl adjacent to an activating group) is 1. The summed E-state index contributed by atoms with van der Waals surface area (Å²) in [6.07, 6.45) is 0.545. The van der Waals surface area contributed by atoms with Gasteiger partial charge in [-0.3, -0.25) is 19.7 Å². The molecule has 7 nitrogen and oxygen atoms in total. The quantitative estimate of drug-likeness (QED) is 0.633. The van der Waals surface area contributed by atoms with Gasteiger partial charge in [-0.05, 0) is 30.7 Å². The van der Waals surface area contributed by atoms with E-state index in [1.165, 1.54) is 29.2 Å². The Balaban J connectivity index is 1.74. The van der Waals surface area contributed by atoms with Crippen LogP contribution in [0.15, 0.2) is 54.6 Å². The SMILES string of the molecule is CN(C(=O)c1ccc([N+](=O)[O-])cc1)C1CCN(c2ccccc2)C1=O. The molecule has 7 heteroatoms. The van der Waals surface area contributed by atoms with E-state index >= 15 is 0 Å². The van der Waals surface area contributed by atoms with Crippen molar-refractivity contribution in [2.24, 2.45) is 0 Å². The normalized spacial score (nSPS) is 16.8. The number of hydrogen-bond donors (Lipinski definition) is 0. The first-order valence-electron chi connectivity index (χ1n) is 7.87. The van der Waals surface area contributed by atoms with Crippen LogP contribution in [0.4, 0.5) is 11.4 Å². The van der Waals surface area contributed by atoms with Crippen molar-refractivity contribution in [3.63, 3.8) is 0 Å². The second-order valence-electron chi connectivity index (χ2n) is 5.85. The predicted molar refractivity (Wildman–Crippen MR) is 92.4 cm³/mol. The summed E-state index contributed by atoms with van der Waals surface area (Å²) in [5.74, 6) is -0.452. The van der Waals surface area contributed by atoms with Crippen molar-refractivity contribution in [1.82, 2.24) is 4.90 Å². The first-order chi connectivity index (χ1) is 12.0. The van der Waals surface area contributed by atoms with Crippen molar-refractivity contribution in [3.05, 3.63) is 70.3 Å². The summed E-state index contributed by atoms with van der Waals surface area (Å²) in [6.45, 7) is 0.547. The molecule has 0 radical (unpaired) electrons. The highest BCUT2D eigenvalue weighted by Gasteiger charge is 2.37. The first-order valence-corrected chi connectivity index (χ1v) is 7.87. The van der Waals surface area contributed by atoms with E-state index in [2.05, 4.69) is 0 Å². The average molecular weight is 339 g/mol. The Kier molecular flexibility index (Phi) is 4.47. The second kappa shape index (κ2) is 6.72. The Labute approximate surface area is 144 Å². The van der Waals surface area contributed by atoms with E-state index in [4.69, 9.17) is 0 Å². The van der Waals surface area contributed by atoms with Crippen LogP contribution in [0.2, 0.25) is 0 Å². The molecule has 1 aliphatic heterocycles. The van der Waals surface area contributed by atoms with Crippen molar-refractivity contribution in [2.45, 2.75) is 12.5 Å². The molecule has 0 saturated carbocycles. The van der Waals surface area contributed by atoms with E-state index in [0.29, 0.717) is 18.5 Å². The van der Waals surface area contributed by atoms with Crippen LogP contribution in [0.1, 0.15) is 16.8 Å². The third-order valence-corrected chi connectivity index (χ3v) is 4.36. The first kappa shape index (κ1) is 16.6. The van der Waals surface area contributed by atoms with Crippen molar-refractivity contribution in [2.75, 3.05) is 18.5 Å². The van der Waals surface area contributed by atoms with Crippen LogP contribution < -0.4 is 4.90 Å². The maximum atomic E-state index is 12.7. The summed E-state index contributed by atoms with van der Waals surface area (Å²) in [6, 6.07) is 14.2. The van der Waals surface area contributed by atoms with E-state index in [1.807, 2.05) is 30.3 Å². The number of para-hydroxylation sites is 1. The lowest BCUT2D eigenvalue weighted by Gasteiger charge is -2.24. The molecule has 0 aromatic heterocycles. The van der Waals surface area contributed by atoms with Gasteiger partial charge >= 0.3 is 0 Å². The Morgan fingerprint density at radius 3 is 2.40 bits per heavy atom. The van der Waals surface area contributed by atoms with Crippen LogP contribution in [0.5, 0.6) is 0 Å². The molecule has 0 spiro atoms. The van der Waals surface area contributed by atoms with Gasteiger partial charge in [-0.1, -0.05) is 18.2 Å². The number of hydrogen-bond acceptors (Lipinski definition) is 4. The van der Waals surface area contributed by atoms with E-state index in [9.17, 15) is 19.7 Å². The molecule has 2 aromatic carbocycles. The Morgan fingerprint density at radius 1 is 1.16 bits per heavy atom. The lowest BCUT2D eigenvalue weighted by Crippen LogP contribution is -2.43. The van der Waals surface area contributed by atoms with Crippen LogP contribution in [0.3, 0.4) is 0 Å². The number of rotatable bonds is 4. The van der Waals surface area contributed by atoms with Gasteiger partial charge in [0.05, 0.1) is 4.92 Å². The summed E-state index contributed by atoms with van der Waals surface area (Å²) in [5, 5.41) is 10.7. The molecule has 1 saturated heterocycles. The number of anilines is 1. The molecule has 3 rings (SSSR count). The maximum Gasteiger partial charge on any atom is 0.269 e. The molecule has 2 amide bonds. The third-order valence-electron chi connectivity index (χ3n) is 4.36. The smallest absolute Gasteiger partial charge is 0.269 e.